The highest BCUT2D eigenvalue weighted by atomic mass is 35.5. The number of hydrazone groups is 1. The van der Waals surface area contributed by atoms with Gasteiger partial charge in [-0.3, -0.25) is 0 Å². The predicted molar refractivity (Wildman–Crippen MR) is 94.2 cm³/mol. The Balaban J connectivity index is 1.79. The zero-order valence-electron chi connectivity index (χ0n) is 11.8. The molecule has 3 rings (SSSR count). The van der Waals surface area contributed by atoms with E-state index >= 15 is 0 Å². The van der Waals surface area contributed by atoms with E-state index in [4.69, 9.17) is 17.3 Å². The molecule has 0 atom stereocenters. The van der Waals surface area contributed by atoms with Crippen LogP contribution < -0.4 is 11.2 Å². The van der Waals surface area contributed by atoms with E-state index in [1.807, 2.05) is 60.3 Å². The van der Waals surface area contributed by atoms with Crippen LogP contribution in [0.3, 0.4) is 0 Å². The average Bonchev–Trinajstić information content (AvgIpc) is 2.54. The molecule has 0 unspecified atom stereocenters. The zero-order chi connectivity index (χ0) is 15.4. The number of hydrogen-bond acceptors (Lipinski definition) is 3. The third-order valence-corrected chi connectivity index (χ3v) is 4.47. The fourth-order valence-electron chi connectivity index (χ4n) is 2.15. The minimum atomic E-state index is 0.264. The van der Waals surface area contributed by atoms with E-state index in [9.17, 15) is 0 Å². The summed E-state index contributed by atoms with van der Waals surface area (Å²) >= 11 is 7.89. The lowest BCUT2D eigenvalue weighted by atomic mass is 10.1. The van der Waals surface area contributed by atoms with Crippen molar-refractivity contribution >= 4 is 40.7 Å². The van der Waals surface area contributed by atoms with Crippen LogP contribution in [0.4, 0.5) is 5.69 Å². The lowest BCUT2D eigenvalue weighted by Gasteiger charge is -2.17. The van der Waals surface area contributed by atoms with Gasteiger partial charge in [0.2, 0.25) is 5.96 Å². The Labute approximate surface area is 138 Å². The van der Waals surface area contributed by atoms with Crippen molar-refractivity contribution < 1.29 is 0 Å². The van der Waals surface area contributed by atoms with Crippen molar-refractivity contribution in [3.8, 4) is 0 Å². The second kappa shape index (κ2) is 6.85. The van der Waals surface area contributed by atoms with Crippen LogP contribution in [0.25, 0.3) is 0 Å². The van der Waals surface area contributed by atoms with Gasteiger partial charge in [-0.1, -0.05) is 29.8 Å². The summed E-state index contributed by atoms with van der Waals surface area (Å²) in [5.41, 5.74) is 11.5. The molecule has 112 valence electrons. The molecule has 0 aliphatic carbocycles. The van der Waals surface area contributed by atoms with Crippen LogP contribution in [-0.4, -0.2) is 17.4 Å². The third kappa shape index (κ3) is 3.61. The van der Waals surface area contributed by atoms with Gasteiger partial charge in [-0.25, -0.2) is 10.4 Å². The van der Waals surface area contributed by atoms with Gasteiger partial charge in [-0.05, 0) is 30.3 Å². The highest BCUT2D eigenvalue weighted by Crippen LogP contribution is 2.31. The number of thioether (sulfide) groups is 1. The molecule has 0 spiro atoms. The summed E-state index contributed by atoms with van der Waals surface area (Å²) in [5, 5.41) is 5.11. The van der Waals surface area contributed by atoms with Gasteiger partial charge < -0.3 is 5.73 Å². The molecule has 1 heterocycles. The molecule has 0 fully saturated rings. The summed E-state index contributed by atoms with van der Waals surface area (Å²) in [6.45, 7) is 0. The largest absolute Gasteiger partial charge is 0.368 e. The Hall–Kier alpha value is -1.98. The highest BCUT2D eigenvalue weighted by molar-refractivity contribution is 7.99. The molecule has 0 radical (unpaired) electrons. The highest BCUT2D eigenvalue weighted by Gasteiger charge is 2.16. The Kier molecular flexibility index (Phi) is 4.65. The van der Waals surface area contributed by atoms with Crippen LogP contribution >= 0.6 is 23.4 Å². The van der Waals surface area contributed by atoms with Crippen molar-refractivity contribution in [3.63, 3.8) is 0 Å². The van der Waals surface area contributed by atoms with Crippen LogP contribution in [-0.2, 0) is 0 Å². The molecule has 22 heavy (non-hydrogen) atoms. The fourth-order valence-corrected chi connectivity index (χ4v) is 3.34. The van der Waals surface area contributed by atoms with Crippen LogP contribution in [0.15, 0.2) is 63.5 Å². The summed E-state index contributed by atoms with van der Waals surface area (Å²) in [4.78, 5) is 5.45. The standard InChI is InChI=1S/C16H15ClN4S/c17-11-6-7-15-13(10-11)14(8-9-22-15)20-21-16(18)19-12-4-2-1-3-5-12/h1-7,10H,8-9H2,(H3,18,19,21)/b20-14+. The second-order valence-electron chi connectivity index (χ2n) is 4.74. The first-order valence-corrected chi connectivity index (χ1v) is 8.23. The van der Waals surface area contributed by atoms with Crippen molar-refractivity contribution in [2.24, 2.45) is 15.8 Å². The van der Waals surface area contributed by atoms with Gasteiger partial charge >= 0.3 is 0 Å². The smallest absolute Gasteiger partial charge is 0.214 e. The van der Waals surface area contributed by atoms with E-state index in [1.165, 1.54) is 4.90 Å². The summed E-state index contributed by atoms with van der Waals surface area (Å²) in [5.74, 6) is 1.26. The van der Waals surface area contributed by atoms with Gasteiger partial charge in [0.05, 0.1) is 11.4 Å². The first-order valence-electron chi connectivity index (χ1n) is 6.87. The minimum Gasteiger partial charge on any atom is -0.368 e. The number of aliphatic imine (C=N–C) groups is 1. The van der Waals surface area contributed by atoms with Crippen molar-refractivity contribution in [3.05, 3.63) is 59.1 Å². The van der Waals surface area contributed by atoms with Crippen molar-refractivity contribution in [1.29, 1.82) is 0 Å². The number of guanidine groups is 1. The number of rotatable bonds is 2. The normalized spacial score (nSPS) is 16.4. The molecule has 2 aromatic rings. The Morgan fingerprint density at radius 2 is 2.00 bits per heavy atom. The Bertz CT molecular complexity index is 728. The number of para-hydroxylation sites is 1. The van der Waals surface area contributed by atoms with Crippen molar-refractivity contribution in [2.45, 2.75) is 11.3 Å². The maximum atomic E-state index is 6.08. The first-order chi connectivity index (χ1) is 10.7. The number of halogens is 1. The number of fused-ring (bicyclic) bond motifs is 1. The van der Waals surface area contributed by atoms with E-state index in [-0.39, 0.29) is 5.96 Å². The molecule has 2 aromatic carbocycles. The third-order valence-electron chi connectivity index (χ3n) is 3.16. The molecular formula is C16H15ClN4S. The first kappa shape index (κ1) is 14.9. The molecule has 4 nitrogen and oxygen atoms in total. The quantitative estimate of drug-likeness (QED) is 0.500. The minimum absolute atomic E-state index is 0.264. The summed E-state index contributed by atoms with van der Waals surface area (Å²) in [7, 11) is 0. The van der Waals surface area contributed by atoms with E-state index < -0.39 is 0 Å². The average molecular weight is 331 g/mol. The van der Waals surface area contributed by atoms with Crippen molar-refractivity contribution in [2.75, 3.05) is 5.75 Å². The topological polar surface area (TPSA) is 62.8 Å². The number of nitrogens with two attached hydrogens (primary N) is 1. The van der Waals surface area contributed by atoms with Gasteiger partial charge in [0.25, 0.3) is 0 Å². The molecule has 0 bridgehead atoms. The van der Waals surface area contributed by atoms with E-state index in [2.05, 4.69) is 15.5 Å². The van der Waals surface area contributed by atoms with Crippen LogP contribution in [0, 0.1) is 0 Å². The Morgan fingerprint density at radius 1 is 1.18 bits per heavy atom. The molecular weight excluding hydrogens is 316 g/mol. The van der Waals surface area contributed by atoms with E-state index in [0.717, 1.165) is 29.1 Å². The van der Waals surface area contributed by atoms with E-state index in [1.54, 1.807) is 0 Å². The fraction of sp³-hybridized carbons (Fsp3) is 0.125. The van der Waals surface area contributed by atoms with Gasteiger partial charge in [-0.2, -0.15) is 5.10 Å². The number of nitrogens with one attached hydrogen (secondary N) is 1. The van der Waals surface area contributed by atoms with Crippen molar-refractivity contribution in [1.82, 2.24) is 5.43 Å². The van der Waals surface area contributed by atoms with Crippen LogP contribution in [0.1, 0.15) is 12.0 Å². The molecule has 1 aliphatic rings. The Morgan fingerprint density at radius 3 is 2.82 bits per heavy atom. The van der Waals surface area contributed by atoms with Gasteiger partial charge in [-0.15, -0.1) is 11.8 Å². The van der Waals surface area contributed by atoms with E-state index in [0.29, 0.717) is 5.02 Å². The maximum absolute atomic E-state index is 6.08. The van der Waals surface area contributed by atoms with Gasteiger partial charge in [0.15, 0.2) is 0 Å². The number of nitrogens with zero attached hydrogens (tertiary/aromatic N) is 2. The lowest BCUT2D eigenvalue weighted by Crippen LogP contribution is -2.28. The monoisotopic (exact) mass is 330 g/mol. The predicted octanol–water partition coefficient (Wildman–Crippen LogP) is 3.78. The molecule has 0 aromatic heterocycles. The molecule has 0 saturated carbocycles. The number of benzene rings is 2. The molecule has 0 saturated heterocycles. The maximum Gasteiger partial charge on any atom is 0.214 e. The number of hydrogen-bond donors (Lipinski definition) is 2. The molecule has 6 heteroatoms. The van der Waals surface area contributed by atoms with Crippen LogP contribution in [0.5, 0.6) is 0 Å². The molecule has 3 N–H and O–H groups in total. The van der Waals surface area contributed by atoms with Crippen LogP contribution in [0.2, 0.25) is 5.02 Å². The lowest BCUT2D eigenvalue weighted by molar-refractivity contribution is 0.986. The molecule has 1 aliphatic heterocycles. The zero-order valence-corrected chi connectivity index (χ0v) is 13.4. The molecule has 0 amide bonds. The SMILES string of the molecule is NC(=Nc1ccccc1)N/N=C1\CCSc2ccc(Cl)cc21. The second-order valence-corrected chi connectivity index (χ2v) is 6.32. The summed E-state index contributed by atoms with van der Waals surface area (Å²) in [6.07, 6.45) is 0.865. The van der Waals surface area contributed by atoms with Gasteiger partial charge in [0.1, 0.15) is 0 Å². The van der Waals surface area contributed by atoms with Gasteiger partial charge in [0, 0.05) is 27.7 Å². The summed E-state index contributed by atoms with van der Waals surface area (Å²) in [6, 6.07) is 15.4. The summed E-state index contributed by atoms with van der Waals surface area (Å²) < 4.78 is 0.